The van der Waals surface area contributed by atoms with Gasteiger partial charge in [-0.25, -0.2) is 13.8 Å². The largest absolute Gasteiger partial charge is 0.497 e. The minimum Gasteiger partial charge on any atom is -0.497 e. The van der Waals surface area contributed by atoms with Gasteiger partial charge >= 0.3 is 0 Å². The molecule has 4 rings (SSSR count). The summed E-state index contributed by atoms with van der Waals surface area (Å²) in [6.07, 6.45) is 1.38. The minimum atomic E-state index is -4.20. The highest BCUT2D eigenvalue weighted by Gasteiger charge is 2.30. The third-order valence-corrected chi connectivity index (χ3v) is 9.26. The summed E-state index contributed by atoms with van der Waals surface area (Å²) in [5.41, 5.74) is 3.79. The van der Waals surface area contributed by atoms with E-state index in [0.717, 1.165) is 9.87 Å². The second-order valence-corrected chi connectivity index (χ2v) is 12.8. The first-order valence-electron chi connectivity index (χ1n) is 13.1. The van der Waals surface area contributed by atoms with Gasteiger partial charge < -0.3 is 18.9 Å². The number of amides is 1. The lowest BCUT2D eigenvalue weighted by molar-refractivity contribution is -0.119. The van der Waals surface area contributed by atoms with E-state index in [9.17, 15) is 13.2 Å². The van der Waals surface area contributed by atoms with Crippen LogP contribution < -0.4 is 28.7 Å². The van der Waals surface area contributed by atoms with Crippen LogP contribution in [0, 0.1) is 0 Å². The molecule has 1 N–H and O–H groups in total. The summed E-state index contributed by atoms with van der Waals surface area (Å²) >= 11 is 15.7. The molecule has 236 valence electrons. The number of nitrogens with one attached hydrogen (secondary N) is 1. The normalized spacial score (nSPS) is 11.2. The fourth-order valence-corrected chi connectivity index (χ4v) is 6.58. The van der Waals surface area contributed by atoms with Gasteiger partial charge in [0.2, 0.25) is 0 Å². The number of methoxy groups -OCH3 is 3. The summed E-state index contributed by atoms with van der Waals surface area (Å²) in [7, 11) is 0.137. The van der Waals surface area contributed by atoms with Gasteiger partial charge in [0.1, 0.15) is 24.7 Å². The molecule has 45 heavy (non-hydrogen) atoms. The smallest absolute Gasteiger partial charge is 0.264 e. The van der Waals surface area contributed by atoms with E-state index in [1.165, 1.54) is 45.7 Å². The molecule has 14 heteroatoms. The molecule has 0 saturated carbocycles. The molecular formula is C31H28BrCl2N3O7S. The van der Waals surface area contributed by atoms with Gasteiger partial charge in [0.15, 0.2) is 11.5 Å². The van der Waals surface area contributed by atoms with Crippen molar-refractivity contribution in [1.29, 1.82) is 0 Å². The van der Waals surface area contributed by atoms with Crippen molar-refractivity contribution < 1.29 is 32.2 Å². The van der Waals surface area contributed by atoms with Gasteiger partial charge in [0.25, 0.3) is 15.9 Å². The molecule has 0 radical (unpaired) electrons. The summed E-state index contributed by atoms with van der Waals surface area (Å²) in [6, 6.07) is 20.9. The highest BCUT2D eigenvalue weighted by molar-refractivity contribution is 9.10. The zero-order valence-corrected chi connectivity index (χ0v) is 28.2. The highest BCUT2D eigenvalue weighted by atomic mass is 79.9. The van der Waals surface area contributed by atoms with Crippen molar-refractivity contribution in [3.63, 3.8) is 0 Å². The average Bonchev–Trinajstić information content (AvgIpc) is 3.03. The Labute approximate surface area is 279 Å². The fourth-order valence-electron chi connectivity index (χ4n) is 4.10. The zero-order valence-electron chi connectivity index (χ0n) is 24.3. The number of hydrogen-bond acceptors (Lipinski definition) is 8. The number of nitrogens with zero attached hydrogens (tertiary/aromatic N) is 2. The predicted molar refractivity (Wildman–Crippen MR) is 178 cm³/mol. The Kier molecular flexibility index (Phi) is 11.6. The van der Waals surface area contributed by atoms with Gasteiger partial charge in [0.05, 0.1) is 42.6 Å². The lowest BCUT2D eigenvalue weighted by Gasteiger charge is -2.25. The molecule has 0 atom stereocenters. The van der Waals surface area contributed by atoms with Gasteiger partial charge in [-0.2, -0.15) is 5.10 Å². The molecule has 0 fully saturated rings. The Balaban J connectivity index is 1.54. The molecule has 0 unspecified atom stereocenters. The Hall–Kier alpha value is -3.97. The van der Waals surface area contributed by atoms with E-state index in [1.807, 2.05) is 0 Å². The molecule has 10 nitrogen and oxygen atoms in total. The molecule has 0 aliphatic rings. The Morgan fingerprint density at radius 1 is 0.933 bits per heavy atom. The number of ether oxygens (including phenoxy) is 4. The molecule has 0 heterocycles. The number of anilines is 1. The summed E-state index contributed by atoms with van der Waals surface area (Å²) in [5, 5.41) is 5.02. The summed E-state index contributed by atoms with van der Waals surface area (Å²) in [4.78, 5) is 13.1. The first-order valence-corrected chi connectivity index (χ1v) is 16.1. The number of sulfonamides is 1. The number of halogens is 3. The van der Waals surface area contributed by atoms with Crippen LogP contribution in [-0.4, -0.2) is 48.4 Å². The maximum atomic E-state index is 13.7. The molecule has 0 aliphatic carbocycles. The van der Waals surface area contributed by atoms with Crippen molar-refractivity contribution >= 4 is 67.0 Å². The van der Waals surface area contributed by atoms with Crippen molar-refractivity contribution in [2.24, 2.45) is 5.10 Å². The monoisotopic (exact) mass is 735 g/mol. The Morgan fingerprint density at radius 3 is 2.33 bits per heavy atom. The minimum absolute atomic E-state index is 0.0104. The van der Waals surface area contributed by atoms with Gasteiger partial charge in [0, 0.05) is 21.7 Å². The van der Waals surface area contributed by atoms with Crippen molar-refractivity contribution in [2.75, 3.05) is 32.2 Å². The number of benzene rings is 4. The van der Waals surface area contributed by atoms with Gasteiger partial charge in [-0.05, 0) is 70.0 Å². The van der Waals surface area contributed by atoms with E-state index in [-0.39, 0.29) is 22.9 Å². The maximum Gasteiger partial charge on any atom is 0.264 e. The van der Waals surface area contributed by atoms with Crippen molar-refractivity contribution in [3.05, 3.63) is 105 Å². The number of carbonyl (C=O) groups excluding carboxylic acids is 1. The average molecular weight is 737 g/mol. The number of hydrogen-bond donors (Lipinski definition) is 1. The summed E-state index contributed by atoms with van der Waals surface area (Å²) in [6.45, 7) is -0.444. The fraction of sp³-hybridized carbons (Fsp3) is 0.161. The molecule has 0 bridgehead atoms. The molecular weight excluding hydrogens is 709 g/mol. The van der Waals surface area contributed by atoms with Crippen LogP contribution in [0.1, 0.15) is 11.1 Å². The number of rotatable bonds is 13. The third-order valence-electron chi connectivity index (χ3n) is 6.31. The van der Waals surface area contributed by atoms with E-state index in [4.69, 9.17) is 42.1 Å². The standard InChI is InChI=1S/C31H28BrCl2N3O7S/c1-41-23-11-12-28(42-2)27(16-23)37(45(39,40)24-7-5-4-6-8-24)18-30(38)36-35-17-20-13-25(32)31(29(14-20)43-3)44-19-21-9-10-22(33)15-26(21)34/h4-17H,18-19H2,1-3H3,(H,36,38)/b35-17+. The van der Waals surface area contributed by atoms with Crippen LogP contribution in [0.25, 0.3) is 0 Å². The quantitative estimate of drug-likeness (QED) is 0.120. The maximum absolute atomic E-state index is 13.7. The number of hydrazone groups is 1. The van der Waals surface area contributed by atoms with Crippen LogP contribution in [0.4, 0.5) is 5.69 Å². The molecule has 0 spiro atoms. The van der Waals surface area contributed by atoms with Crippen LogP contribution >= 0.6 is 39.1 Å². The molecule has 1 amide bonds. The Morgan fingerprint density at radius 2 is 1.67 bits per heavy atom. The van der Waals surface area contributed by atoms with Crippen LogP contribution in [0.15, 0.2) is 93.3 Å². The molecule has 4 aromatic carbocycles. The second-order valence-electron chi connectivity index (χ2n) is 9.21. The topological polar surface area (TPSA) is 116 Å². The summed E-state index contributed by atoms with van der Waals surface area (Å²) in [5.74, 6) is 0.720. The van der Waals surface area contributed by atoms with Crippen LogP contribution in [0.2, 0.25) is 10.0 Å². The first-order chi connectivity index (χ1) is 21.6. The molecule has 0 aliphatic heterocycles. The summed E-state index contributed by atoms with van der Waals surface area (Å²) < 4.78 is 51.1. The predicted octanol–water partition coefficient (Wildman–Crippen LogP) is 6.71. The van der Waals surface area contributed by atoms with Gasteiger partial charge in [-0.3, -0.25) is 9.10 Å². The van der Waals surface area contributed by atoms with Crippen molar-refractivity contribution in [3.8, 4) is 23.0 Å². The van der Waals surface area contributed by atoms with Crippen LogP contribution in [0.3, 0.4) is 0 Å². The van der Waals surface area contributed by atoms with Crippen LogP contribution in [-0.2, 0) is 21.4 Å². The van der Waals surface area contributed by atoms with E-state index in [1.54, 1.807) is 60.7 Å². The lowest BCUT2D eigenvalue weighted by Crippen LogP contribution is -2.39. The zero-order chi connectivity index (χ0) is 32.6. The highest BCUT2D eigenvalue weighted by Crippen LogP contribution is 2.38. The van der Waals surface area contributed by atoms with Crippen molar-refractivity contribution in [1.82, 2.24) is 5.43 Å². The SMILES string of the molecule is COc1ccc(OC)c(N(CC(=O)N/N=C/c2cc(Br)c(OCc3ccc(Cl)cc3Cl)c(OC)c2)S(=O)(=O)c2ccccc2)c1. The lowest BCUT2D eigenvalue weighted by atomic mass is 10.2. The van der Waals surface area contributed by atoms with E-state index in [2.05, 4.69) is 26.5 Å². The third kappa shape index (κ3) is 8.40. The van der Waals surface area contributed by atoms with E-state index >= 15 is 0 Å². The molecule has 0 saturated heterocycles. The first kappa shape index (κ1) is 33.9. The van der Waals surface area contributed by atoms with Gasteiger partial charge in [-0.1, -0.05) is 47.5 Å². The molecule has 4 aromatic rings. The number of carbonyl (C=O) groups is 1. The molecule has 0 aromatic heterocycles. The van der Waals surface area contributed by atoms with Crippen LogP contribution in [0.5, 0.6) is 23.0 Å². The van der Waals surface area contributed by atoms with E-state index in [0.29, 0.717) is 37.3 Å². The van der Waals surface area contributed by atoms with E-state index < -0.39 is 22.5 Å². The van der Waals surface area contributed by atoms with Crippen molar-refractivity contribution in [2.45, 2.75) is 11.5 Å². The second kappa shape index (κ2) is 15.3. The Bertz CT molecular complexity index is 1810. The van der Waals surface area contributed by atoms with Gasteiger partial charge in [-0.15, -0.1) is 0 Å².